The smallest absolute Gasteiger partial charge is 0.127 e. The lowest BCUT2D eigenvalue weighted by atomic mass is 10.0. The lowest BCUT2D eigenvalue weighted by Gasteiger charge is -2.17. The van der Waals surface area contributed by atoms with Crippen LogP contribution in [0.2, 0.25) is 0 Å². The van der Waals surface area contributed by atoms with Crippen molar-refractivity contribution in [2.45, 2.75) is 19.4 Å². The van der Waals surface area contributed by atoms with E-state index in [0.717, 1.165) is 18.5 Å². The zero-order valence-corrected chi connectivity index (χ0v) is 9.29. The molecule has 0 radical (unpaired) electrons. The maximum atomic E-state index is 13.5. The minimum atomic E-state index is -0.144. The average Bonchev–Trinajstić information content (AvgIpc) is 2.26. The first-order valence-corrected chi connectivity index (χ1v) is 5.26. The molecule has 0 unspecified atom stereocenters. The van der Waals surface area contributed by atoms with Crippen LogP contribution in [-0.2, 0) is 4.74 Å². The van der Waals surface area contributed by atoms with Crippen molar-refractivity contribution in [3.63, 3.8) is 0 Å². The van der Waals surface area contributed by atoms with E-state index in [9.17, 15) is 4.39 Å². The fraction of sp³-hybridized carbons (Fsp3) is 0.500. The monoisotopic (exact) mass is 211 g/mol. The summed E-state index contributed by atoms with van der Waals surface area (Å²) in [5.41, 5.74) is 0.733. The number of nitrogens with one attached hydrogen (secondary N) is 1. The van der Waals surface area contributed by atoms with Crippen molar-refractivity contribution in [2.75, 3.05) is 20.3 Å². The quantitative estimate of drug-likeness (QED) is 0.730. The zero-order chi connectivity index (χ0) is 11.1. The highest BCUT2D eigenvalue weighted by Gasteiger charge is 2.11. The minimum absolute atomic E-state index is 0.0707. The summed E-state index contributed by atoms with van der Waals surface area (Å²) < 4.78 is 18.4. The van der Waals surface area contributed by atoms with Gasteiger partial charge >= 0.3 is 0 Å². The first-order valence-electron chi connectivity index (χ1n) is 5.26. The fourth-order valence-electron chi connectivity index (χ4n) is 1.57. The topological polar surface area (TPSA) is 21.3 Å². The first-order chi connectivity index (χ1) is 7.29. The van der Waals surface area contributed by atoms with Crippen molar-refractivity contribution >= 4 is 0 Å². The third-order valence-electron chi connectivity index (χ3n) is 2.39. The molecule has 0 aromatic heterocycles. The Labute approximate surface area is 90.4 Å². The maximum absolute atomic E-state index is 13.5. The van der Waals surface area contributed by atoms with Gasteiger partial charge in [0.25, 0.3) is 0 Å². The van der Waals surface area contributed by atoms with Crippen molar-refractivity contribution in [1.82, 2.24) is 5.32 Å². The fourth-order valence-corrected chi connectivity index (χ4v) is 1.57. The molecule has 0 aliphatic carbocycles. The van der Waals surface area contributed by atoms with Crippen molar-refractivity contribution in [3.8, 4) is 0 Å². The van der Waals surface area contributed by atoms with Crippen LogP contribution in [0.15, 0.2) is 24.3 Å². The Morgan fingerprint density at radius 2 is 2.13 bits per heavy atom. The lowest BCUT2D eigenvalue weighted by molar-refractivity contribution is 0.195. The second-order valence-corrected chi connectivity index (χ2v) is 3.43. The zero-order valence-electron chi connectivity index (χ0n) is 9.29. The number of rotatable bonds is 6. The molecule has 0 saturated carbocycles. The molecule has 1 aromatic carbocycles. The molecule has 1 N–H and O–H groups in total. The number of benzene rings is 1. The summed E-state index contributed by atoms with van der Waals surface area (Å²) in [6.45, 7) is 3.42. The van der Waals surface area contributed by atoms with Crippen molar-refractivity contribution in [3.05, 3.63) is 35.6 Å². The summed E-state index contributed by atoms with van der Waals surface area (Å²) in [5, 5.41) is 3.26. The predicted molar refractivity (Wildman–Crippen MR) is 59.3 cm³/mol. The maximum Gasteiger partial charge on any atom is 0.127 e. The van der Waals surface area contributed by atoms with Crippen LogP contribution in [0, 0.1) is 5.82 Å². The van der Waals surface area contributed by atoms with Gasteiger partial charge in [-0.3, -0.25) is 0 Å². The van der Waals surface area contributed by atoms with Gasteiger partial charge in [-0.1, -0.05) is 25.1 Å². The van der Waals surface area contributed by atoms with Gasteiger partial charge in [-0.05, 0) is 12.5 Å². The molecule has 1 atom stereocenters. The Morgan fingerprint density at radius 3 is 2.73 bits per heavy atom. The summed E-state index contributed by atoms with van der Waals surface area (Å²) in [6, 6.07) is 6.96. The highest BCUT2D eigenvalue weighted by molar-refractivity contribution is 5.20. The lowest BCUT2D eigenvalue weighted by Crippen LogP contribution is -2.25. The number of methoxy groups -OCH3 is 1. The molecular formula is C12H18FNO. The van der Waals surface area contributed by atoms with Crippen LogP contribution in [0.4, 0.5) is 4.39 Å². The van der Waals surface area contributed by atoms with E-state index in [1.807, 2.05) is 19.1 Å². The van der Waals surface area contributed by atoms with Crippen LogP contribution >= 0.6 is 0 Å². The van der Waals surface area contributed by atoms with Crippen LogP contribution in [-0.4, -0.2) is 20.3 Å². The van der Waals surface area contributed by atoms with Gasteiger partial charge in [-0.2, -0.15) is 0 Å². The Kier molecular flexibility index (Phi) is 5.29. The van der Waals surface area contributed by atoms with Crippen LogP contribution in [0.1, 0.15) is 24.9 Å². The molecule has 1 rings (SSSR count). The van der Waals surface area contributed by atoms with Gasteiger partial charge in [0.05, 0.1) is 6.61 Å². The average molecular weight is 211 g/mol. The Bertz CT molecular complexity index is 291. The Hall–Kier alpha value is -0.930. The highest BCUT2D eigenvalue weighted by atomic mass is 19.1. The van der Waals surface area contributed by atoms with E-state index in [1.54, 1.807) is 13.2 Å². The summed E-state index contributed by atoms with van der Waals surface area (Å²) >= 11 is 0. The molecule has 0 fully saturated rings. The molecule has 1 aromatic rings. The van der Waals surface area contributed by atoms with Crippen molar-refractivity contribution in [1.29, 1.82) is 0 Å². The van der Waals surface area contributed by atoms with Crippen LogP contribution < -0.4 is 5.32 Å². The Balaban J connectivity index is 2.61. The van der Waals surface area contributed by atoms with Gasteiger partial charge in [0.2, 0.25) is 0 Å². The Morgan fingerprint density at radius 1 is 1.40 bits per heavy atom. The van der Waals surface area contributed by atoms with Crippen LogP contribution in [0.3, 0.4) is 0 Å². The van der Waals surface area contributed by atoms with E-state index in [2.05, 4.69) is 5.32 Å². The molecule has 0 heterocycles. The normalized spacial score (nSPS) is 12.7. The molecular weight excluding hydrogens is 193 g/mol. The molecule has 0 amide bonds. The number of ether oxygens (including phenoxy) is 1. The highest BCUT2D eigenvalue weighted by Crippen LogP contribution is 2.19. The number of halogens is 1. The van der Waals surface area contributed by atoms with E-state index in [0.29, 0.717) is 6.61 Å². The summed E-state index contributed by atoms with van der Waals surface area (Å²) in [7, 11) is 1.66. The minimum Gasteiger partial charge on any atom is -0.383 e. The van der Waals surface area contributed by atoms with Gasteiger partial charge < -0.3 is 10.1 Å². The SMILES string of the molecule is CC[C@H](NCCOC)c1ccccc1F. The molecule has 0 spiro atoms. The standard InChI is InChI=1S/C12H18FNO/c1-3-12(14-8-9-15-2)10-6-4-5-7-11(10)13/h4-7,12,14H,3,8-9H2,1-2H3/t12-/m0/s1. The van der Waals surface area contributed by atoms with E-state index >= 15 is 0 Å². The summed E-state index contributed by atoms with van der Waals surface area (Å²) in [6.07, 6.45) is 0.866. The van der Waals surface area contributed by atoms with E-state index in [1.165, 1.54) is 6.07 Å². The van der Waals surface area contributed by atoms with Crippen LogP contribution in [0.25, 0.3) is 0 Å². The molecule has 0 aliphatic heterocycles. The largest absolute Gasteiger partial charge is 0.383 e. The molecule has 3 heteroatoms. The van der Waals surface area contributed by atoms with Gasteiger partial charge in [-0.15, -0.1) is 0 Å². The third-order valence-corrected chi connectivity index (χ3v) is 2.39. The molecule has 84 valence electrons. The molecule has 0 saturated heterocycles. The molecule has 15 heavy (non-hydrogen) atoms. The van der Waals surface area contributed by atoms with Gasteiger partial charge in [0, 0.05) is 25.3 Å². The summed E-state index contributed by atoms with van der Waals surface area (Å²) in [4.78, 5) is 0. The van der Waals surface area contributed by atoms with E-state index < -0.39 is 0 Å². The predicted octanol–water partition coefficient (Wildman–Crippen LogP) is 2.51. The van der Waals surface area contributed by atoms with E-state index in [4.69, 9.17) is 4.74 Å². The molecule has 0 aliphatic rings. The first kappa shape index (κ1) is 12.1. The van der Waals surface area contributed by atoms with Gasteiger partial charge in [0.15, 0.2) is 0 Å². The van der Waals surface area contributed by atoms with Crippen molar-refractivity contribution in [2.24, 2.45) is 0 Å². The van der Waals surface area contributed by atoms with Crippen LogP contribution in [0.5, 0.6) is 0 Å². The number of hydrogen-bond donors (Lipinski definition) is 1. The van der Waals surface area contributed by atoms with Crippen molar-refractivity contribution < 1.29 is 9.13 Å². The second-order valence-electron chi connectivity index (χ2n) is 3.43. The van der Waals surface area contributed by atoms with Gasteiger partial charge in [-0.25, -0.2) is 4.39 Å². The number of hydrogen-bond acceptors (Lipinski definition) is 2. The molecule has 2 nitrogen and oxygen atoms in total. The third kappa shape index (κ3) is 3.61. The molecule has 0 bridgehead atoms. The second kappa shape index (κ2) is 6.53. The summed E-state index contributed by atoms with van der Waals surface area (Å²) in [5.74, 6) is -0.144. The van der Waals surface area contributed by atoms with E-state index in [-0.39, 0.29) is 11.9 Å². The van der Waals surface area contributed by atoms with Gasteiger partial charge in [0.1, 0.15) is 5.82 Å².